The highest BCUT2D eigenvalue weighted by Gasteiger charge is 2.36. The number of aromatic nitrogens is 1. The van der Waals surface area contributed by atoms with Gasteiger partial charge in [0, 0.05) is 37.2 Å². The van der Waals surface area contributed by atoms with Gasteiger partial charge in [0.2, 0.25) is 23.6 Å². The standard InChI is InChI=1S/C38H50N8O10S/c1-24(2)19-30-29(37(50)46-52)8-5-18-56-28-13-10-25(11-14-28)20-31(44-36(30)49)38(51)42-23-34(47)39-16-6-17-40-35(48)27-12-15-33(41-21-27)45-43-22-26-7-3-4-9-32(26)57(53,54)55/h3-4,7,9-15,21-22,24,29-31,52-55H,5-6,8,16-20,23H2,1-2H3,(H,39,47)(H,40,48)(H,41,45)(H,42,51)(H,44,49)(H,46,50)/b43-22+/t29-,30+,31-/m0/s1. The maximum absolute atomic E-state index is 13.7. The zero-order valence-corrected chi connectivity index (χ0v) is 32.5. The summed E-state index contributed by atoms with van der Waals surface area (Å²) in [7, 11) is -3.93. The molecular weight excluding hydrogens is 761 g/mol. The Kier molecular flexibility index (Phi) is 16.7. The van der Waals surface area contributed by atoms with Gasteiger partial charge in [-0.15, -0.1) is 0 Å². The molecule has 2 aliphatic heterocycles. The molecule has 0 saturated carbocycles. The molecular formula is C38H50N8O10S. The number of ether oxygens (including phenoxy) is 1. The second kappa shape index (κ2) is 21.6. The molecule has 10 N–H and O–H groups in total. The highest BCUT2D eigenvalue weighted by Crippen LogP contribution is 2.44. The summed E-state index contributed by atoms with van der Waals surface area (Å²) in [6.07, 6.45) is 4.14. The van der Waals surface area contributed by atoms with Crippen LogP contribution in [0.25, 0.3) is 0 Å². The number of amides is 5. The molecule has 18 nitrogen and oxygen atoms in total. The summed E-state index contributed by atoms with van der Waals surface area (Å²) in [4.78, 5) is 69.1. The fourth-order valence-electron chi connectivity index (χ4n) is 6.07. The maximum Gasteiger partial charge on any atom is 0.252 e. The van der Waals surface area contributed by atoms with Crippen LogP contribution in [0.15, 0.2) is 76.9 Å². The number of hydroxylamine groups is 1. The van der Waals surface area contributed by atoms with Crippen molar-refractivity contribution in [1.82, 2.24) is 31.7 Å². The van der Waals surface area contributed by atoms with Gasteiger partial charge < -0.3 is 39.7 Å². The second-order valence-corrected chi connectivity index (χ2v) is 15.2. The monoisotopic (exact) mass is 810 g/mol. The van der Waals surface area contributed by atoms with Crippen LogP contribution >= 0.6 is 10.9 Å². The number of fused-ring (bicyclic) bond motifs is 11. The van der Waals surface area contributed by atoms with Crippen LogP contribution in [-0.2, 0) is 25.6 Å². The van der Waals surface area contributed by atoms with Crippen molar-refractivity contribution >= 4 is 52.4 Å². The van der Waals surface area contributed by atoms with E-state index in [1.807, 2.05) is 13.8 Å². The number of hydrogen-bond acceptors (Lipinski definition) is 13. The SMILES string of the molecule is CC(C)C[C@H]1C(=O)N[C@H](C(=O)NCC(=O)NCCCNC(=O)c2ccc(N/N=C/c3ccccc3S(O)(O)O)nc2)Cc2ccc(cc2)OCCC[C@@H]1C(=O)NO. The minimum absolute atomic E-state index is 0.0266. The van der Waals surface area contributed by atoms with E-state index in [4.69, 9.17) is 4.74 Å². The van der Waals surface area contributed by atoms with E-state index in [2.05, 4.69) is 36.8 Å². The summed E-state index contributed by atoms with van der Waals surface area (Å²) < 4.78 is 34.5. The fraction of sp³-hybridized carbons (Fsp3) is 0.395. The number of carbonyl (C=O) groups is 5. The number of hydrogen-bond donors (Lipinski definition) is 10. The molecule has 0 radical (unpaired) electrons. The third kappa shape index (κ3) is 14.1. The number of anilines is 1. The van der Waals surface area contributed by atoms with Crippen LogP contribution < -0.4 is 36.9 Å². The number of hydrazone groups is 1. The summed E-state index contributed by atoms with van der Waals surface area (Å²) in [6.45, 7) is 4.18. The van der Waals surface area contributed by atoms with Crippen molar-refractivity contribution in [2.45, 2.75) is 56.9 Å². The van der Waals surface area contributed by atoms with Crippen molar-refractivity contribution in [3.8, 4) is 5.75 Å². The number of rotatable bonds is 15. The average Bonchev–Trinajstić information content (AvgIpc) is 3.18. The zero-order valence-electron chi connectivity index (χ0n) is 31.6. The van der Waals surface area contributed by atoms with E-state index in [9.17, 15) is 42.8 Å². The Morgan fingerprint density at radius 2 is 1.72 bits per heavy atom. The lowest BCUT2D eigenvalue weighted by atomic mass is 9.81. The summed E-state index contributed by atoms with van der Waals surface area (Å²) >= 11 is 0. The first-order valence-electron chi connectivity index (χ1n) is 18.4. The van der Waals surface area contributed by atoms with Gasteiger partial charge in [0.1, 0.15) is 28.5 Å². The van der Waals surface area contributed by atoms with Gasteiger partial charge in [-0.2, -0.15) is 5.10 Å². The Labute approximate surface area is 331 Å². The third-order valence-corrected chi connectivity index (χ3v) is 9.89. The molecule has 1 aromatic heterocycles. The first kappa shape index (κ1) is 44.1. The van der Waals surface area contributed by atoms with E-state index in [-0.39, 0.29) is 54.4 Å². The van der Waals surface area contributed by atoms with Gasteiger partial charge in [-0.3, -0.25) is 34.6 Å². The van der Waals surface area contributed by atoms with Crippen molar-refractivity contribution in [1.29, 1.82) is 0 Å². The molecule has 0 spiro atoms. The van der Waals surface area contributed by atoms with E-state index in [0.29, 0.717) is 37.4 Å². The molecule has 3 aromatic rings. The highest BCUT2D eigenvalue weighted by molar-refractivity contribution is 8.19. The van der Waals surface area contributed by atoms with E-state index in [1.165, 1.54) is 30.6 Å². The first-order chi connectivity index (χ1) is 27.2. The lowest BCUT2D eigenvalue weighted by Crippen LogP contribution is -2.53. The topological polar surface area (TPSA) is 273 Å². The summed E-state index contributed by atoms with van der Waals surface area (Å²) in [5.74, 6) is -3.46. The van der Waals surface area contributed by atoms with Gasteiger partial charge in [0.15, 0.2) is 0 Å². The summed E-state index contributed by atoms with van der Waals surface area (Å²) in [6, 6.07) is 15.1. The van der Waals surface area contributed by atoms with Gasteiger partial charge in [0.25, 0.3) is 5.91 Å². The molecule has 0 aliphatic carbocycles. The van der Waals surface area contributed by atoms with Gasteiger partial charge in [0.05, 0.1) is 35.7 Å². The van der Waals surface area contributed by atoms with Crippen LogP contribution in [0.3, 0.4) is 0 Å². The molecule has 57 heavy (non-hydrogen) atoms. The fourth-order valence-corrected chi connectivity index (χ4v) is 6.77. The number of benzene rings is 2. The minimum Gasteiger partial charge on any atom is -0.494 e. The molecule has 2 aliphatic rings. The zero-order chi connectivity index (χ0) is 41.4. The molecule has 0 saturated heterocycles. The molecule has 2 bridgehead atoms. The molecule has 5 amide bonds. The maximum atomic E-state index is 13.7. The van der Waals surface area contributed by atoms with Crippen molar-refractivity contribution in [3.63, 3.8) is 0 Å². The van der Waals surface area contributed by atoms with E-state index < -0.39 is 58.3 Å². The Bertz CT molecular complexity index is 1860. The Morgan fingerprint density at radius 3 is 2.40 bits per heavy atom. The lowest BCUT2D eigenvalue weighted by Gasteiger charge is -2.28. The molecule has 0 unspecified atom stereocenters. The Hall–Kier alpha value is -5.60. The van der Waals surface area contributed by atoms with Gasteiger partial charge in [-0.05, 0) is 67.5 Å². The predicted molar refractivity (Wildman–Crippen MR) is 212 cm³/mol. The lowest BCUT2D eigenvalue weighted by molar-refractivity contribution is -0.142. The number of pyridine rings is 1. The number of nitrogens with one attached hydrogen (secondary N) is 6. The summed E-state index contributed by atoms with van der Waals surface area (Å²) in [5.41, 5.74) is 5.63. The minimum atomic E-state index is -3.93. The van der Waals surface area contributed by atoms with E-state index in [0.717, 1.165) is 5.56 Å². The van der Waals surface area contributed by atoms with Gasteiger partial charge in [-0.25, -0.2) is 10.5 Å². The molecule has 19 heteroatoms. The smallest absolute Gasteiger partial charge is 0.252 e. The van der Waals surface area contributed by atoms with Crippen LogP contribution in [-0.4, -0.2) is 91.9 Å². The van der Waals surface area contributed by atoms with Crippen LogP contribution in [0.1, 0.15) is 61.0 Å². The average molecular weight is 811 g/mol. The van der Waals surface area contributed by atoms with E-state index in [1.54, 1.807) is 47.9 Å². The van der Waals surface area contributed by atoms with Crippen LogP contribution in [0.5, 0.6) is 5.75 Å². The quantitative estimate of drug-likeness (QED) is 0.0459. The third-order valence-electron chi connectivity index (χ3n) is 8.93. The molecule has 2 aromatic carbocycles. The Morgan fingerprint density at radius 1 is 0.982 bits per heavy atom. The van der Waals surface area contributed by atoms with Gasteiger partial charge in [-0.1, -0.05) is 44.2 Å². The molecule has 3 atom stereocenters. The normalized spacial score (nSPS) is 17.8. The van der Waals surface area contributed by atoms with E-state index >= 15 is 0 Å². The predicted octanol–water partition coefficient (Wildman–Crippen LogP) is 3.15. The van der Waals surface area contributed by atoms with Crippen molar-refractivity contribution in [2.24, 2.45) is 22.9 Å². The number of carbonyl (C=O) groups excluding carboxylic acids is 5. The summed E-state index contributed by atoms with van der Waals surface area (Å²) in [5, 5.41) is 24.2. The molecule has 0 fully saturated rings. The van der Waals surface area contributed by atoms with Crippen LogP contribution in [0.4, 0.5) is 5.82 Å². The van der Waals surface area contributed by atoms with Gasteiger partial charge >= 0.3 is 0 Å². The van der Waals surface area contributed by atoms with Crippen molar-refractivity contribution in [2.75, 3.05) is 31.7 Å². The first-order valence-corrected chi connectivity index (χ1v) is 19.9. The molecule has 308 valence electrons. The Balaban J connectivity index is 1.24. The largest absolute Gasteiger partial charge is 0.494 e. The van der Waals surface area contributed by atoms with Crippen LogP contribution in [0.2, 0.25) is 0 Å². The molecule has 3 heterocycles. The number of nitrogens with zero attached hydrogens (tertiary/aromatic N) is 2. The van der Waals surface area contributed by atoms with Crippen molar-refractivity contribution in [3.05, 3.63) is 83.6 Å². The molecule has 5 rings (SSSR count). The van der Waals surface area contributed by atoms with Crippen LogP contribution in [0, 0.1) is 17.8 Å². The highest BCUT2D eigenvalue weighted by atomic mass is 32.3. The second-order valence-electron chi connectivity index (χ2n) is 13.8. The van der Waals surface area contributed by atoms with Crippen molar-refractivity contribution < 1.29 is 47.6 Å².